The third kappa shape index (κ3) is 26.5. The quantitative estimate of drug-likeness (QED) is 0.0293. The van der Waals surface area contributed by atoms with Crippen molar-refractivity contribution in [3.63, 3.8) is 0 Å². The molecule has 34 nitrogen and oxygen atoms in total. The van der Waals surface area contributed by atoms with Crippen LogP contribution in [0.5, 0.6) is 23.0 Å². The first-order valence-electron chi connectivity index (χ1n) is 47.2. The van der Waals surface area contributed by atoms with Crippen LogP contribution in [0.15, 0.2) is 226 Å². The summed E-state index contributed by atoms with van der Waals surface area (Å²) in [6.07, 6.45) is 19.5. The first-order chi connectivity index (χ1) is 68.7. The molecule has 7 fully saturated rings. The second-order valence-electron chi connectivity index (χ2n) is 34.9. The highest BCUT2D eigenvalue weighted by Crippen LogP contribution is 2.37. The number of benzene rings is 8. The molecule has 5 aromatic heterocycles. The Morgan fingerprint density at radius 3 is 1.24 bits per heavy atom. The Morgan fingerprint density at radius 1 is 0.414 bits per heavy atom. The largest absolute Gasteiger partial charge is 0.489 e. The van der Waals surface area contributed by atoms with Crippen molar-refractivity contribution in [2.45, 2.75) is 114 Å². The lowest BCUT2D eigenvalue weighted by Gasteiger charge is -2.33. The normalized spacial score (nSPS) is 17.3. The van der Waals surface area contributed by atoms with Crippen LogP contribution in [0.3, 0.4) is 0 Å². The van der Waals surface area contributed by atoms with Crippen LogP contribution in [0.2, 0.25) is 0 Å². The summed E-state index contributed by atoms with van der Waals surface area (Å²) >= 11 is 0. The Hall–Kier alpha value is -15.3. The maximum Gasteiger partial charge on any atom is 0.230 e. The van der Waals surface area contributed by atoms with Crippen molar-refractivity contribution in [1.82, 2.24) is 54.4 Å². The maximum absolute atomic E-state index is 10.2. The lowest BCUT2D eigenvalue weighted by Crippen LogP contribution is -2.44. The van der Waals surface area contributed by atoms with Gasteiger partial charge in [-0.2, -0.15) is 26.0 Å². The molecule has 1 unspecified atom stereocenters. The minimum absolute atomic E-state index is 0.0216. The second kappa shape index (κ2) is 47.6. The van der Waals surface area contributed by atoms with Gasteiger partial charge in [0.1, 0.15) is 95.5 Å². The van der Waals surface area contributed by atoms with Crippen molar-refractivity contribution in [1.29, 1.82) is 21.0 Å². The van der Waals surface area contributed by atoms with Crippen LogP contribution in [0, 0.1) is 52.2 Å². The van der Waals surface area contributed by atoms with Crippen molar-refractivity contribution in [2.24, 2.45) is 0 Å². The molecule has 0 spiro atoms. The number of nitrogens with one attached hydrogen (secondary N) is 4. The van der Waals surface area contributed by atoms with Crippen molar-refractivity contribution < 1.29 is 57.6 Å². The number of hydrogen-bond donors (Lipinski definition) is 6. The molecule has 140 heavy (non-hydrogen) atoms. The van der Waals surface area contributed by atoms with Gasteiger partial charge in [-0.15, -0.1) is 0 Å². The van der Waals surface area contributed by atoms with Gasteiger partial charge in [-0.1, -0.05) is 12.1 Å². The lowest BCUT2D eigenvalue weighted by atomic mass is 10.1. The van der Waals surface area contributed by atoms with E-state index in [1.807, 2.05) is 133 Å². The van der Waals surface area contributed by atoms with Crippen molar-refractivity contribution in [3.05, 3.63) is 259 Å². The van der Waals surface area contributed by atoms with E-state index in [0.29, 0.717) is 170 Å². The van der Waals surface area contributed by atoms with Gasteiger partial charge in [-0.3, -0.25) is 0 Å². The Labute approximate surface area is 812 Å². The number of hydrogen-bond acceptors (Lipinski definition) is 33. The fourth-order valence-electron chi connectivity index (χ4n) is 16.9. The maximum atomic E-state index is 10.2. The summed E-state index contributed by atoms with van der Waals surface area (Å²) in [5, 5.41) is 71.6. The fraction of sp³-hybridized carbons (Fsp3) is 0.340. The SMILES string of the molecule is CC1(O)CCN(c2ccc(Nc3ncnc(-c4ccc(OC5CCOCC5)c(C#N)c4)n3)cc2)C1.Cc1cc(N2CCOCC2)ccc1Nc1ccnc(-c2ccc(OC3CCOCC3)c(C#N)c2)n1.N#Cc1cc(-c2nccc(Nc3ccc(Cn4ccnc4)cc3)n2)ccc1OC1CCOCC1.N#Cc1cc(-c2nccc(Nc3ccc(N4CCO[C@@H](CO)C4)cc3)n2)ccc1OC1CCOCC1. The van der Waals surface area contributed by atoms with Crippen LogP contribution in [0.1, 0.15) is 98.1 Å². The first kappa shape index (κ1) is 96.3. The number of β-amino-alcohol motifs (C(OH)–C–C–N with tert-alkyl or cyclic N) is 1. The van der Waals surface area contributed by atoms with Crippen LogP contribution in [0.25, 0.3) is 45.6 Å². The van der Waals surface area contributed by atoms with Gasteiger partial charge in [0.15, 0.2) is 23.3 Å². The van der Waals surface area contributed by atoms with E-state index in [-0.39, 0.29) is 37.1 Å². The van der Waals surface area contributed by atoms with Crippen molar-refractivity contribution >= 4 is 63.2 Å². The molecule has 7 aliphatic rings. The van der Waals surface area contributed by atoms with Gasteiger partial charge >= 0.3 is 0 Å². The molecule has 716 valence electrons. The predicted molar refractivity (Wildman–Crippen MR) is 529 cm³/mol. The highest BCUT2D eigenvalue weighted by atomic mass is 16.5. The number of aliphatic hydroxyl groups is 2. The number of rotatable bonds is 26. The molecule has 0 saturated carbocycles. The van der Waals surface area contributed by atoms with Crippen LogP contribution in [0.4, 0.5) is 63.2 Å². The summed E-state index contributed by atoms with van der Waals surface area (Å²) in [7, 11) is 0. The summed E-state index contributed by atoms with van der Waals surface area (Å²) in [5.41, 5.74) is 13.5. The van der Waals surface area contributed by atoms with Crippen LogP contribution < -0.4 is 54.9 Å². The molecule has 20 rings (SSSR count). The standard InChI is InChI=1S/C27H29N5O4.C27H29N5O3.C26H28N6O3.C26H24N6O2/c28-16-20-15-19(1-6-25(20)36-23-8-12-34-13-9-23)27-29-10-7-26(31-27)30-21-2-4-22(5-3-21)32-11-14-35-24(17-32)18-33;1-19-16-22(32-10-14-34-15-11-32)3-4-24(19)30-26-6-9-29-27(31-26)20-2-5-25(21(17-20)18-28)35-23-7-12-33-13-8-23;1-26(33)10-11-32(16-26)21-5-3-20(4-6-21)30-25-29-17-28-24(31-25)18-2-7-23(19(14-18)15-27)35-22-8-12-34-13-9-22;27-16-21-15-20(3-6-24(21)34-23-8-13-33-14-9-23)26-29-10-7-25(31-26)30-22-4-1-19(2-5-22)17-32-12-11-28-18-32/h1-7,10,15,23-24,33H,8-9,11-14,17-18H2,(H,29,30,31);2-6,9,16-17,23H,7-8,10-15H2,1H3,(H,29,30,31);2-7,14,17,22,33H,8-13,16H2,1H3,(H,28,29,30,31);1-7,10-12,15,18,23H,8-9,13-14,17H2,(H,29,30,31)/t24-;;;/m1.../s1. The van der Waals surface area contributed by atoms with E-state index in [1.54, 1.807) is 67.5 Å². The summed E-state index contributed by atoms with van der Waals surface area (Å²) in [4.78, 5) is 51.1. The molecule has 7 saturated heterocycles. The molecule has 8 aromatic carbocycles. The number of ether oxygens (including phenoxy) is 10. The average Bonchev–Trinajstić information content (AvgIpc) is 0.828. The molecule has 0 bridgehead atoms. The highest BCUT2D eigenvalue weighted by molar-refractivity contribution is 5.72. The van der Waals surface area contributed by atoms with Gasteiger partial charge in [0, 0.05) is 190 Å². The van der Waals surface area contributed by atoms with Gasteiger partial charge in [0.05, 0.1) is 120 Å². The number of aromatic nitrogens is 11. The minimum atomic E-state index is -0.640. The molecule has 0 amide bonds. The van der Waals surface area contributed by atoms with Crippen LogP contribution >= 0.6 is 0 Å². The fourth-order valence-corrected chi connectivity index (χ4v) is 16.9. The van der Waals surface area contributed by atoms with E-state index in [4.69, 9.17) is 52.4 Å². The zero-order valence-electron chi connectivity index (χ0n) is 78.1. The number of imidazole rings is 1. The number of aliphatic hydroxyl groups excluding tert-OH is 1. The lowest BCUT2D eigenvalue weighted by molar-refractivity contribution is 0.00357. The number of anilines is 11. The Bertz CT molecular complexity index is 6470. The molecule has 2 atom stereocenters. The summed E-state index contributed by atoms with van der Waals surface area (Å²) in [6.45, 7) is 17.1. The Balaban J connectivity index is 0.000000129. The molecule has 7 aliphatic heterocycles. The second-order valence-corrected chi connectivity index (χ2v) is 34.9. The first-order valence-corrected chi connectivity index (χ1v) is 47.2. The average molecular weight is 1880 g/mol. The van der Waals surface area contributed by atoms with Gasteiger partial charge in [0.25, 0.3) is 0 Å². The predicted octanol–water partition coefficient (Wildman–Crippen LogP) is 16.2. The third-order valence-corrected chi connectivity index (χ3v) is 24.6. The smallest absolute Gasteiger partial charge is 0.230 e. The summed E-state index contributed by atoms with van der Waals surface area (Å²) in [5.74, 6) is 6.82. The van der Waals surface area contributed by atoms with Crippen molar-refractivity contribution in [3.8, 4) is 92.8 Å². The zero-order chi connectivity index (χ0) is 96.2. The third-order valence-electron chi connectivity index (χ3n) is 24.6. The number of nitriles is 4. The van der Waals surface area contributed by atoms with Crippen molar-refractivity contribution in [2.75, 3.05) is 155 Å². The summed E-state index contributed by atoms with van der Waals surface area (Å²) in [6, 6.07) is 66.9. The topological polar surface area (TPSA) is 420 Å². The molecule has 0 radical (unpaired) electrons. The molecule has 34 heteroatoms. The number of morpholine rings is 2. The summed E-state index contributed by atoms with van der Waals surface area (Å²) < 4.78 is 58.8. The van der Waals surface area contributed by atoms with E-state index < -0.39 is 5.60 Å². The van der Waals surface area contributed by atoms with Gasteiger partial charge in [-0.25, -0.2) is 44.9 Å². The van der Waals surface area contributed by atoms with Gasteiger partial charge < -0.3 is 98.1 Å². The van der Waals surface area contributed by atoms with Crippen LogP contribution in [-0.4, -0.2) is 219 Å². The van der Waals surface area contributed by atoms with Gasteiger partial charge in [0.2, 0.25) is 5.95 Å². The molecular formula is C106H110N22O12. The van der Waals surface area contributed by atoms with E-state index in [1.165, 1.54) is 17.6 Å². The van der Waals surface area contributed by atoms with E-state index in [2.05, 4.69) is 142 Å². The Kier molecular flexibility index (Phi) is 32.8. The number of nitrogens with zero attached hydrogens (tertiary/aromatic N) is 18. The molecule has 0 aliphatic carbocycles. The zero-order valence-corrected chi connectivity index (χ0v) is 78.1. The highest BCUT2D eigenvalue weighted by Gasteiger charge is 2.32. The monoisotopic (exact) mass is 1880 g/mol. The van der Waals surface area contributed by atoms with Crippen LogP contribution in [-0.2, 0) is 35.0 Å². The van der Waals surface area contributed by atoms with E-state index in [9.17, 15) is 31.3 Å². The number of aryl methyl sites for hydroxylation is 1. The van der Waals surface area contributed by atoms with E-state index in [0.717, 1.165) is 160 Å². The van der Waals surface area contributed by atoms with E-state index >= 15 is 0 Å². The molecule has 13 aromatic rings. The molecule has 12 heterocycles. The Morgan fingerprint density at radius 2 is 0.821 bits per heavy atom. The molecular weight excluding hydrogens is 1770 g/mol. The minimum Gasteiger partial charge on any atom is -0.489 e. The molecule has 6 N–H and O–H groups in total. The van der Waals surface area contributed by atoms with Gasteiger partial charge in [-0.05, 0) is 201 Å².